The fourth-order valence-corrected chi connectivity index (χ4v) is 0. The average molecular weight is 60.1 g/mol. The highest BCUT2D eigenvalue weighted by Crippen LogP contribution is 0.579. The monoisotopic (exact) mass is 60.1 g/mol. The van der Waals surface area contributed by atoms with Gasteiger partial charge in [-0.2, -0.15) is 0 Å². The van der Waals surface area contributed by atoms with E-state index in [9.17, 15) is 0 Å². The third-order valence-electron chi connectivity index (χ3n) is 0. The molecule has 0 saturated heterocycles. The van der Waals surface area contributed by atoms with Gasteiger partial charge in [0.25, 0.3) is 0 Å². The Morgan fingerprint density at radius 2 is 1.50 bits per heavy atom. The first-order chi connectivity index (χ1) is 1.41. The average Bonchev–Trinajstić information content (AvgIpc) is 0.918. The molecule has 0 saturated carbocycles. The van der Waals surface area contributed by atoms with Gasteiger partial charge >= 0.3 is 0 Å². The molecule has 0 rings (SSSR count). The highest BCUT2D eigenvalue weighted by molar-refractivity contribution is 4.47. The highest BCUT2D eigenvalue weighted by atomic mass is 12.6. The van der Waals surface area contributed by atoms with Gasteiger partial charge < -0.3 is 0 Å². The molecule has 26 valence electrons. The second kappa shape index (κ2) is 32.2. The van der Waals surface area contributed by atoms with Gasteiger partial charge in [-0.05, 0) is 0 Å². The molecule has 0 atom stereocenters. The lowest BCUT2D eigenvalue weighted by Gasteiger charge is -0.701. The summed E-state index contributed by atoms with van der Waals surface area (Å²) in [5, 5.41) is 0. The minimum absolute atomic E-state index is 0. The normalized spacial score (nSPS) is 2.25. The predicted molar refractivity (Wildman–Crippen MR) is 23.4 cm³/mol. The molecule has 0 fully saturated rings. The van der Waals surface area contributed by atoms with E-state index < -0.39 is 0 Å². The molecule has 0 radical (unpaired) electrons. The predicted octanol–water partition coefficient (Wildman–Crippen LogP) is 1.52. The summed E-state index contributed by atoms with van der Waals surface area (Å²) < 4.78 is 5.74. The van der Waals surface area contributed by atoms with E-state index in [1.807, 2.05) is 0 Å². The molecule has 0 aromatic rings. The van der Waals surface area contributed by atoms with Crippen LogP contribution in [0, 0.1) is 12.8 Å². The van der Waals surface area contributed by atoms with Gasteiger partial charge in [0.1, 0.15) is 1.37 Å². The van der Waals surface area contributed by atoms with Crippen LogP contribution in [0.3, 0.4) is 0 Å². The summed E-state index contributed by atoms with van der Waals surface area (Å²) in [5.41, 5.74) is 0. The first-order valence-corrected chi connectivity index (χ1v) is 0.289. The summed E-state index contributed by atoms with van der Waals surface area (Å²) in [7, 11) is 0. The van der Waals surface area contributed by atoms with E-state index in [0.29, 0.717) is 0 Å². The zero-order valence-electron chi connectivity index (χ0n) is 2.08. The summed E-state index contributed by atoms with van der Waals surface area (Å²) in [5.74, 6) is 0. The van der Waals surface area contributed by atoms with Crippen LogP contribution >= 0.6 is 0 Å². The molecule has 0 unspecified atom stereocenters. The number of terminal acetylenes is 1. The first kappa shape index (κ1) is 9.59. The van der Waals surface area contributed by atoms with Crippen molar-refractivity contribution in [3.05, 3.63) is 0 Å². The topological polar surface area (TPSA) is 0 Å². The first-order valence-electron chi connectivity index (χ1n) is 0.789. The van der Waals surface area contributed by atoms with Gasteiger partial charge in [0.2, 0.25) is 0 Å². The van der Waals surface area contributed by atoms with Crippen molar-refractivity contribution < 1.29 is 1.37 Å². The molecule has 0 spiro atoms. The van der Waals surface area contributed by atoms with Crippen molar-refractivity contribution in [2.75, 3.05) is 0 Å². The van der Waals surface area contributed by atoms with Gasteiger partial charge in [-0.25, -0.2) is 0 Å². The summed E-state index contributed by atoms with van der Waals surface area (Å²) in [6.07, 6.45) is 5.76. The van der Waals surface area contributed by atoms with Crippen molar-refractivity contribution >= 4 is 0 Å². The van der Waals surface area contributed by atoms with E-state index in [-0.39, 0.29) is 14.9 Å². The summed E-state index contributed by atoms with van der Waals surface area (Å²) in [4.78, 5) is 0. The van der Waals surface area contributed by atoms with Crippen molar-refractivity contribution in [3.8, 4) is 12.8 Å². The molecule has 0 nitrogen and oxygen atoms in total. The van der Waals surface area contributed by atoms with Crippen LogP contribution in [0.1, 0.15) is 16.2 Å². The Bertz CT molecular complexity index is 25.1. The van der Waals surface area contributed by atoms with Crippen molar-refractivity contribution in [1.82, 2.24) is 0 Å². The molecule has 4 heavy (non-hydrogen) atoms. The van der Waals surface area contributed by atoms with E-state index in [1.54, 1.807) is 0 Å². The smallest absolute Gasteiger partial charge is 0.124 e. The molecule has 0 bridgehead atoms. The summed E-state index contributed by atoms with van der Waals surface area (Å²) in [6, 6.07) is 0. The molecule has 0 amide bonds. The van der Waals surface area contributed by atoms with Crippen molar-refractivity contribution in [2.45, 2.75) is 14.9 Å². The second-order valence-electron chi connectivity index (χ2n) is 0. The van der Waals surface area contributed by atoms with E-state index in [0.717, 1.165) is 0 Å². The van der Waals surface area contributed by atoms with Gasteiger partial charge in [0.15, 0.2) is 0 Å². The third-order valence-corrected chi connectivity index (χ3v) is 0. The second-order valence-corrected chi connectivity index (χ2v) is 0. The van der Waals surface area contributed by atoms with Gasteiger partial charge in [-0.1, -0.05) is 14.9 Å². The van der Waals surface area contributed by atoms with Crippen LogP contribution in [0.2, 0.25) is 0 Å². The zero-order valence-corrected chi connectivity index (χ0v) is 1.08. The van der Waals surface area contributed by atoms with Crippen LogP contribution in [0.15, 0.2) is 0 Å². The molecular formula is C4H10. The van der Waals surface area contributed by atoms with Crippen LogP contribution in [-0.4, -0.2) is 0 Å². The molecule has 0 aromatic heterocycles. The summed E-state index contributed by atoms with van der Waals surface area (Å²) >= 11 is 0. The molecule has 0 heterocycles. The van der Waals surface area contributed by atoms with Crippen LogP contribution in [0.4, 0.5) is 0 Å². The Hall–Kier alpha value is -0.440. The highest BCUT2D eigenvalue weighted by Gasteiger charge is 0.454. The molecule has 0 aliphatic heterocycles. The third kappa shape index (κ3) is 2.53. The maximum Gasteiger partial charge on any atom is 0.124 e. The zero-order chi connectivity index (χ0) is 2.71. The van der Waals surface area contributed by atoms with Crippen molar-refractivity contribution in [1.29, 1.82) is 0 Å². The quantitative estimate of drug-likeness (QED) is 0.372. The fraction of sp³-hybridized carbons (Fsp3) is 0.500. The minimum atomic E-state index is 0. The van der Waals surface area contributed by atoms with Crippen LogP contribution < -0.4 is 0 Å². The van der Waals surface area contributed by atoms with Gasteiger partial charge in [0, 0.05) is 0 Å². The molecule has 0 heteroatoms. The van der Waals surface area contributed by atoms with Crippen LogP contribution in [-0.2, 0) is 0 Å². The largest absolute Gasteiger partial charge is 0.124 e. The molecular weight excluding hydrogens is 48.0 g/mol. The van der Waals surface area contributed by atoms with E-state index in [2.05, 4.69) is 6.42 Å². The fourth-order valence-electron chi connectivity index (χ4n) is 0. The Balaban J connectivity index is -0.0000000200. The minimum Gasteiger partial charge on any atom is -0.124 e. The van der Waals surface area contributed by atoms with E-state index >= 15 is 0 Å². The van der Waals surface area contributed by atoms with Crippen LogP contribution in [0.25, 0.3) is 0 Å². The Kier molecular flexibility index (Phi) is 77.1. The lowest BCUT2D eigenvalue weighted by atomic mass is 11.4. The van der Waals surface area contributed by atoms with Gasteiger partial charge in [-0.3, -0.25) is 0 Å². The molecule has 0 aliphatic rings. The van der Waals surface area contributed by atoms with Crippen molar-refractivity contribution in [2.24, 2.45) is 0 Å². The lowest BCUT2D eigenvalue weighted by Crippen LogP contribution is -0.576. The Labute approximate surface area is 30.2 Å². The molecule has 0 N–H and O–H groups in total. The summed E-state index contributed by atoms with van der Waals surface area (Å²) in [6.45, 7) is 0. The molecule has 0 aromatic carbocycles. The Morgan fingerprint density at radius 1 is 1.50 bits per heavy atom. The van der Waals surface area contributed by atoms with Gasteiger partial charge in [-0.15, -0.1) is 12.8 Å². The number of hydrogen-bond donors (Lipinski definition) is 0. The Morgan fingerprint density at radius 3 is 1.50 bits per heavy atom. The maximum absolute atomic E-state index is 5.74. The molecule has 0 aliphatic carbocycles. The van der Waals surface area contributed by atoms with Gasteiger partial charge in [0.05, 0.1) is 0 Å². The van der Waals surface area contributed by atoms with E-state index in [4.69, 9.17) is 1.37 Å². The number of rotatable bonds is 0. The van der Waals surface area contributed by atoms with Crippen molar-refractivity contribution in [3.63, 3.8) is 0 Å². The number of hydrogen-bond acceptors (Lipinski definition) is 0. The lowest BCUT2D eigenvalue weighted by molar-refractivity contribution is 2.50. The SMILES string of the molecule is C.C.[3H]C#C. The standard InChI is InChI=1S/C2H2.2CH4/c1-2;;/h1-2H;2*1H4/i1T;;. The van der Waals surface area contributed by atoms with Crippen LogP contribution in [0.5, 0.6) is 0 Å². The maximum atomic E-state index is 5.74. The van der Waals surface area contributed by atoms with E-state index in [1.165, 1.54) is 6.40 Å².